The van der Waals surface area contributed by atoms with E-state index in [-0.39, 0.29) is 11.8 Å². The molecule has 0 aliphatic carbocycles. The van der Waals surface area contributed by atoms with Crippen LogP contribution < -0.4 is 11.1 Å². The van der Waals surface area contributed by atoms with Crippen LogP contribution in [-0.4, -0.2) is 23.6 Å². The van der Waals surface area contributed by atoms with Gasteiger partial charge in [-0.15, -0.1) is 0 Å². The molecule has 5 heteroatoms. The molecule has 92 valence electrons. The van der Waals surface area contributed by atoms with Crippen LogP contribution in [0.1, 0.15) is 26.7 Å². The molecule has 1 unspecified atom stereocenters. The summed E-state index contributed by atoms with van der Waals surface area (Å²) < 4.78 is 0. The molecular formula is C12H17N3O2. The lowest BCUT2D eigenvalue weighted by atomic mass is 10.1. The van der Waals surface area contributed by atoms with Gasteiger partial charge in [0, 0.05) is 6.42 Å². The standard InChI is InChI=1S/C12H17N3O2/c1-3-4-9(8(2)7-13)14-10-5-6-11(16)15-12(10)17/h3-4,7,10H,5-6,13H2,1-2H3,(H,15,16,17)/b4-3-,8-7?,14-9?. The van der Waals surface area contributed by atoms with Crippen LogP contribution in [0.3, 0.4) is 0 Å². The summed E-state index contributed by atoms with van der Waals surface area (Å²) in [7, 11) is 0. The highest BCUT2D eigenvalue weighted by molar-refractivity contribution is 6.09. The Balaban J connectivity index is 2.91. The molecule has 0 aromatic heterocycles. The summed E-state index contributed by atoms with van der Waals surface area (Å²) in [6.07, 6.45) is 5.85. The zero-order chi connectivity index (χ0) is 12.8. The van der Waals surface area contributed by atoms with E-state index in [4.69, 9.17) is 5.73 Å². The van der Waals surface area contributed by atoms with E-state index in [2.05, 4.69) is 10.3 Å². The number of imide groups is 1. The molecule has 0 aromatic rings. The topological polar surface area (TPSA) is 84.5 Å². The van der Waals surface area contributed by atoms with Gasteiger partial charge >= 0.3 is 0 Å². The van der Waals surface area contributed by atoms with E-state index in [9.17, 15) is 9.59 Å². The summed E-state index contributed by atoms with van der Waals surface area (Å²) in [6.45, 7) is 3.69. The maximum atomic E-state index is 11.5. The Morgan fingerprint density at radius 3 is 2.76 bits per heavy atom. The van der Waals surface area contributed by atoms with Gasteiger partial charge in [-0.25, -0.2) is 0 Å². The molecule has 17 heavy (non-hydrogen) atoms. The summed E-state index contributed by atoms with van der Waals surface area (Å²) in [6, 6.07) is -0.506. The van der Waals surface area contributed by atoms with Crippen LogP contribution in [0.15, 0.2) is 28.9 Å². The molecular weight excluding hydrogens is 218 g/mol. The molecule has 1 rings (SSSR count). The fourth-order valence-electron chi connectivity index (χ4n) is 1.49. The third-order valence-corrected chi connectivity index (χ3v) is 2.48. The second-order valence-electron chi connectivity index (χ2n) is 3.83. The van der Waals surface area contributed by atoms with Gasteiger partial charge in [0.15, 0.2) is 0 Å². The minimum Gasteiger partial charge on any atom is -0.404 e. The smallest absolute Gasteiger partial charge is 0.251 e. The van der Waals surface area contributed by atoms with Crippen molar-refractivity contribution in [1.82, 2.24) is 5.32 Å². The average molecular weight is 235 g/mol. The minimum absolute atomic E-state index is 0.236. The molecule has 0 spiro atoms. The lowest BCUT2D eigenvalue weighted by molar-refractivity contribution is -0.133. The van der Waals surface area contributed by atoms with Crippen molar-refractivity contribution in [2.24, 2.45) is 10.7 Å². The highest BCUT2D eigenvalue weighted by Crippen LogP contribution is 2.11. The van der Waals surface area contributed by atoms with Crippen LogP contribution >= 0.6 is 0 Å². The number of nitrogens with two attached hydrogens (primary N) is 1. The summed E-state index contributed by atoms with van der Waals surface area (Å²) in [5.41, 5.74) is 6.90. The maximum absolute atomic E-state index is 11.5. The summed E-state index contributed by atoms with van der Waals surface area (Å²) in [5.74, 6) is -0.576. The van der Waals surface area contributed by atoms with Crippen molar-refractivity contribution in [3.63, 3.8) is 0 Å². The number of piperidine rings is 1. The van der Waals surface area contributed by atoms with Crippen molar-refractivity contribution < 1.29 is 9.59 Å². The number of carbonyl (C=O) groups excluding carboxylic acids is 2. The maximum Gasteiger partial charge on any atom is 0.251 e. The van der Waals surface area contributed by atoms with E-state index in [1.165, 1.54) is 6.20 Å². The lowest BCUT2D eigenvalue weighted by Crippen LogP contribution is -2.43. The van der Waals surface area contributed by atoms with Gasteiger partial charge in [0.25, 0.3) is 5.91 Å². The van der Waals surface area contributed by atoms with E-state index < -0.39 is 6.04 Å². The molecule has 5 nitrogen and oxygen atoms in total. The first-order valence-electron chi connectivity index (χ1n) is 5.51. The molecule has 3 N–H and O–H groups in total. The Morgan fingerprint density at radius 2 is 2.24 bits per heavy atom. The summed E-state index contributed by atoms with van der Waals surface area (Å²) in [5, 5.41) is 2.27. The number of hydrogen-bond donors (Lipinski definition) is 2. The fourth-order valence-corrected chi connectivity index (χ4v) is 1.49. The first-order chi connectivity index (χ1) is 8.08. The van der Waals surface area contributed by atoms with Crippen LogP contribution in [0.5, 0.6) is 0 Å². The molecule has 1 heterocycles. The summed E-state index contributed by atoms with van der Waals surface area (Å²) >= 11 is 0. The Labute approximate surface area is 100 Å². The number of allylic oxidation sites excluding steroid dienone is 3. The molecule has 1 aliphatic heterocycles. The Morgan fingerprint density at radius 1 is 1.53 bits per heavy atom. The Kier molecular flexibility index (Phi) is 4.63. The van der Waals surface area contributed by atoms with Crippen LogP contribution in [0, 0.1) is 0 Å². The number of aliphatic imine (C=N–C) groups is 1. The first-order valence-corrected chi connectivity index (χ1v) is 5.51. The van der Waals surface area contributed by atoms with Gasteiger partial charge in [0.2, 0.25) is 5.91 Å². The number of nitrogens with one attached hydrogen (secondary N) is 1. The average Bonchev–Trinajstić information content (AvgIpc) is 2.30. The van der Waals surface area contributed by atoms with Gasteiger partial charge in [0.1, 0.15) is 6.04 Å². The van der Waals surface area contributed by atoms with Gasteiger partial charge in [-0.1, -0.05) is 6.08 Å². The minimum atomic E-state index is -0.506. The lowest BCUT2D eigenvalue weighted by Gasteiger charge is -2.18. The van der Waals surface area contributed by atoms with Crippen molar-refractivity contribution in [1.29, 1.82) is 0 Å². The first kappa shape index (κ1) is 13.2. The number of rotatable bonds is 3. The number of carbonyl (C=O) groups is 2. The van der Waals surface area contributed by atoms with Crippen LogP contribution in [0.2, 0.25) is 0 Å². The molecule has 0 bridgehead atoms. The van der Waals surface area contributed by atoms with Gasteiger partial charge in [-0.05, 0) is 38.1 Å². The van der Waals surface area contributed by atoms with Gasteiger partial charge in [-0.2, -0.15) is 0 Å². The van der Waals surface area contributed by atoms with Gasteiger partial charge in [-0.3, -0.25) is 19.9 Å². The van der Waals surface area contributed by atoms with Crippen LogP contribution in [-0.2, 0) is 9.59 Å². The SMILES string of the molecule is C/C=C\C(=NC1CCC(=O)NC1=O)C(C)=CN. The molecule has 1 saturated heterocycles. The van der Waals surface area contributed by atoms with Crippen LogP contribution in [0.4, 0.5) is 0 Å². The van der Waals surface area contributed by atoms with Gasteiger partial charge < -0.3 is 5.73 Å². The third kappa shape index (κ3) is 3.55. The van der Waals surface area contributed by atoms with Crippen molar-refractivity contribution in [2.75, 3.05) is 0 Å². The Bertz CT molecular complexity index is 408. The third-order valence-electron chi connectivity index (χ3n) is 2.48. The second-order valence-corrected chi connectivity index (χ2v) is 3.83. The molecule has 1 atom stereocenters. The number of hydrogen-bond acceptors (Lipinski definition) is 4. The van der Waals surface area contributed by atoms with Crippen LogP contribution in [0.25, 0.3) is 0 Å². The molecule has 2 amide bonds. The van der Waals surface area contributed by atoms with E-state index in [1.54, 1.807) is 6.08 Å². The predicted molar refractivity (Wildman–Crippen MR) is 66.4 cm³/mol. The second kappa shape index (κ2) is 5.98. The van der Waals surface area contributed by atoms with Crippen molar-refractivity contribution in [3.8, 4) is 0 Å². The number of nitrogens with zero attached hydrogens (tertiary/aromatic N) is 1. The summed E-state index contributed by atoms with van der Waals surface area (Å²) in [4.78, 5) is 26.9. The van der Waals surface area contributed by atoms with Crippen molar-refractivity contribution >= 4 is 17.5 Å². The number of amides is 2. The van der Waals surface area contributed by atoms with Gasteiger partial charge in [0.05, 0.1) is 5.71 Å². The molecule has 1 aliphatic rings. The van der Waals surface area contributed by atoms with E-state index in [0.717, 1.165) is 5.57 Å². The molecule has 1 fully saturated rings. The van der Waals surface area contributed by atoms with Crippen molar-refractivity contribution in [3.05, 3.63) is 23.9 Å². The fraction of sp³-hybridized carbons (Fsp3) is 0.417. The molecule has 0 saturated carbocycles. The normalized spacial score (nSPS) is 23.1. The highest BCUT2D eigenvalue weighted by atomic mass is 16.2. The monoisotopic (exact) mass is 235 g/mol. The zero-order valence-corrected chi connectivity index (χ0v) is 10.1. The zero-order valence-electron chi connectivity index (χ0n) is 10.1. The largest absolute Gasteiger partial charge is 0.404 e. The van der Waals surface area contributed by atoms with E-state index >= 15 is 0 Å². The van der Waals surface area contributed by atoms with E-state index in [0.29, 0.717) is 18.6 Å². The molecule has 0 radical (unpaired) electrons. The highest BCUT2D eigenvalue weighted by Gasteiger charge is 2.26. The quantitative estimate of drug-likeness (QED) is 0.557. The predicted octanol–water partition coefficient (Wildman–Crippen LogP) is 0.671. The molecule has 0 aromatic carbocycles. The Hall–Kier alpha value is -1.91. The van der Waals surface area contributed by atoms with E-state index in [1.807, 2.05) is 19.9 Å². The van der Waals surface area contributed by atoms with Crippen molar-refractivity contribution in [2.45, 2.75) is 32.7 Å².